The smallest absolute Gasteiger partial charge is 0.294 e. The lowest BCUT2D eigenvalue weighted by molar-refractivity contribution is -0.117. The van der Waals surface area contributed by atoms with Gasteiger partial charge in [0.25, 0.3) is 5.91 Å². The minimum atomic E-state index is -0.967. The number of methoxy groups -OCH3 is 3. The monoisotopic (exact) mass is 528 g/mol. The molecule has 0 bridgehead atoms. The van der Waals surface area contributed by atoms with E-state index >= 15 is 0 Å². The zero-order chi connectivity index (χ0) is 27.8. The van der Waals surface area contributed by atoms with E-state index in [1.807, 2.05) is 31.1 Å². The number of hydrogen-bond donors (Lipinski definition) is 1. The Kier molecular flexibility index (Phi) is 6.66. The number of nitrogens with zero attached hydrogens (tertiary/aromatic N) is 2. The van der Waals surface area contributed by atoms with Gasteiger partial charge >= 0.3 is 0 Å². The molecule has 0 saturated carbocycles. The topological polar surface area (TPSA) is 102 Å². The lowest BCUT2D eigenvalue weighted by Gasteiger charge is -2.27. The molecule has 9 heteroatoms. The van der Waals surface area contributed by atoms with E-state index in [0.29, 0.717) is 39.5 Å². The van der Waals surface area contributed by atoms with Gasteiger partial charge in [0, 0.05) is 30.9 Å². The molecule has 9 nitrogen and oxygen atoms in total. The fourth-order valence-corrected chi connectivity index (χ4v) is 4.79. The van der Waals surface area contributed by atoms with E-state index < -0.39 is 23.5 Å². The van der Waals surface area contributed by atoms with E-state index in [1.54, 1.807) is 54.6 Å². The number of fused-ring (bicyclic) bond motifs is 1. The molecule has 2 heterocycles. The molecular weight excluding hydrogens is 500 g/mol. The first-order chi connectivity index (χ1) is 18.8. The molecule has 1 aromatic heterocycles. The van der Waals surface area contributed by atoms with Crippen molar-refractivity contribution < 1.29 is 33.3 Å². The number of amides is 1. The number of rotatable bonds is 8. The van der Waals surface area contributed by atoms with E-state index in [-0.39, 0.29) is 11.3 Å². The highest BCUT2D eigenvalue weighted by atomic mass is 16.5. The van der Waals surface area contributed by atoms with Crippen molar-refractivity contribution >= 4 is 34.0 Å². The van der Waals surface area contributed by atoms with Crippen molar-refractivity contribution in [3.8, 4) is 17.2 Å². The molecule has 200 valence electrons. The van der Waals surface area contributed by atoms with E-state index in [1.165, 1.54) is 26.2 Å². The number of para-hydroxylation sites is 1. The third kappa shape index (κ3) is 4.31. The van der Waals surface area contributed by atoms with Crippen LogP contribution in [0.15, 0.2) is 82.5 Å². The quantitative estimate of drug-likeness (QED) is 0.307. The van der Waals surface area contributed by atoms with Gasteiger partial charge in [0.1, 0.15) is 0 Å². The minimum Gasteiger partial charge on any atom is -0.503 e. The predicted molar refractivity (Wildman–Crippen MR) is 147 cm³/mol. The number of hydrogen-bond acceptors (Lipinski definition) is 8. The molecule has 1 aliphatic heterocycles. The molecule has 0 aliphatic carbocycles. The van der Waals surface area contributed by atoms with Gasteiger partial charge in [0.2, 0.25) is 5.78 Å². The van der Waals surface area contributed by atoms with E-state index in [9.17, 15) is 14.7 Å². The minimum absolute atomic E-state index is 0.0286. The molecule has 1 amide bonds. The second-order valence-electron chi connectivity index (χ2n) is 9.18. The van der Waals surface area contributed by atoms with Crippen molar-refractivity contribution in [2.24, 2.45) is 0 Å². The van der Waals surface area contributed by atoms with Crippen LogP contribution in [0.3, 0.4) is 0 Å². The Hall–Kier alpha value is -4.92. The summed E-state index contributed by atoms with van der Waals surface area (Å²) in [7, 11) is 8.35. The Bertz CT molecular complexity index is 1600. The van der Waals surface area contributed by atoms with Crippen LogP contribution in [0.5, 0.6) is 17.2 Å². The lowest BCUT2D eigenvalue weighted by atomic mass is 9.94. The maximum atomic E-state index is 14.0. The van der Waals surface area contributed by atoms with Crippen LogP contribution in [0.2, 0.25) is 0 Å². The zero-order valence-electron chi connectivity index (χ0n) is 22.2. The number of Topliss-reactive ketones (excluding diaryl/α,β-unsaturated/α-hetero) is 1. The van der Waals surface area contributed by atoms with Crippen LogP contribution in [0, 0.1) is 0 Å². The number of ether oxygens (including phenoxy) is 3. The first-order valence-corrected chi connectivity index (χ1v) is 12.2. The summed E-state index contributed by atoms with van der Waals surface area (Å²) < 4.78 is 22.1. The average Bonchev–Trinajstić information content (AvgIpc) is 3.51. The average molecular weight is 529 g/mol. The molecule has 3 aromatic carbocycles. The maximum Gasteiger partial charge on any atom is 0.294 e. The van der Waals surface area contributed by atoms with Gasteiger partial charge in [0.05, 0.1) is 32.9 Å². The molecule has 0 spiro atoms. The molecule has 0 radical (unpaired) electrons. The van der Waals surface area contributed by atoms with Gasteiger partial charge in [-0.25, -0.2) is 0 Å². The highest BCUT2D eigenvalue weighted by Crippen LogP contribution is 2.44. The molecule has 1 aliphatic rings. The number of benzene rings is 3. The van der Waals surface area contributed by atoms with Gasteiger partial charge in [-0.3, -0.25) is 14.5 Å². The molecule has 1 unspecified atom stereocenters. The summed E-state index contributed by atoms with van der Waals surface area (Å²) in [5.74, 6) is -0.639. The second kappa shape index (κ2) is 10.1. The molecule has 0 saturated heterocycles. The van der Waals surface area contributed by atoms with Crippen molar-refractivity contribution in [1.82, 2.24) is 0 Å². The van der Waals surface area contributed by atoms with E-state index in [2.05, 4.69) is 0 Å². The summed E-state index contributed by atoms with van der Waals surface area (Å²) >= 11 is 0. The Morgan fingerprint density at radius 1 is 0.897 bits per heavy atom. The third-order valence-electron chi connectivity index (χ3n) is 6.77. The second-order valence-corrected chi connectivity index (χ2v) is 9.18. The molecule has 5 rings (SSSR count). The SMILES string of the molecule is COc1ccc(C2C(C(=O)c3cc4cccc(OC)c4o3)=C(O)C(=O)N2c2ccc(N(C)C)cc2)cc1OC. The number of carbonyl (C=O) groups is 2. The molecular formula is C30H28N2O7. The highest BCUT2D eigenvalue weighted by Gasteiger charge is 2.45. The number of aliphatic hydroxyl groups is 1. The Morgan fingerprint density at radius 2 is 1.59 bits per heavy atom. The Balaban J connectivity index is 1.67. The van der Waals surface area contributed by atoms with Crippen LogP contribution < -0.4 is 24.0 Å². The lowest BCUT2D eigenvalue weighted by Crippen LogP contribution is -2.31. The van der Waals surface area contributed by atoms with Crippen LogP contribution in [0.25, 0.3) is 11.0 Å². The Morgan fingerprint density at radius 3 is 2.23 bits per heavy atom. The first kappa shape index (κ1) is 25.7. The molecule has 0 fully saturated rings. The first-order valence-electron chi connectivity index (χ1n) is 12.2. The number of anilines is 2. The maximum absolute atomic E-state index is 14.0. The molecule has 1 atom stereocenters. The zero-order valence-corrected chi connectivity index (χ0v) is 22.2. The standard InChI is InChI=1S/C30H28N2O7/c1-31(2)19-10-12-20(13-11-19)32-26(17-9-14-21(36-3)23(15-17)38-5)25(28(34)30(32)35)27(33)24-16-18-7-6-8-22(37-4)29(18)39-24/h6-16,26,34H,1-5H3. The number of carbonyl (C=O) groups excluding carboxylic acids is 2. The van der Waals surface area contributed by atoms with Crippen LogP contribution in [-0.4, -0.2) is 52.2 Å². The van der Waals surface area contributed by atoms with Gasteiger partial charge in [-0.15, -0.1) is 0 Å². The van der Waals surface area contributed by atoms with Crippen molar-refractivity contribution in [2.45, 2.75) is 6.04 Å². The summed E-state index contributed by atoms with van der Waals surface area (Å²) in [6, 6.07) is 18.3. The summed E-state index contributed by atoms with van der Waals surface area (Å²) in [5, 5.41) is 11.8. The van der Waals surface area contributed by atoms with Crippen molar-refractivity contribution in [3.63, 3.8) is 0 Å². The number of furan rings is 1. The highest BCUT2D eigenvalue weighted by molar-refractivity contribution is 6.20. The van der Waals surface area contributed by atoms with Crippen molar-refractivity contribution in [1.29, 1.82) is 0 Å². The summed E-state index contributed by atoms with van der Waals surface area (Å²) in [4.78, 5) is 30.8. The van der Waals surface area contributed by atoms with Crippen LogP contribution in [-0.2, 0) is 4.79 Å². The largest absolute Gasteiger partial charge is 0.503 e. The summed E-state index contributed by atoms with van der Waals surface area (Å²) in [5.41, 5.74) is 2.26. The van der Waals surface area contributed by atoms with E-state index in [0.717, 1.165) is 5.69 Å². The van der Waals surface area contributed by atoms with Gasteiger partial charge < -0.3 is 28.6 Å². The predicted octanol–water partition coefficient (Wildman–Crippen LogP) is 5.31. The van der Waals surface area contributed by atoms with Gasteiger partial charge in [-0.2, -0.15) is 0 Å². The number of aliphatic hydroxyl groups excluding tert-OH is 1. The molecule has 39 heavy (non-hydrogen) atoms. The fraction of sp³-hybridized carbons (Fsp3) is 0.200. The molecule has 4 aromatic rings. The van der Waals surface area contributed by atoms with Crippen LogP contribution in [0.1, 0.15) is 22.2 Å². The van der Waals surface area contributed by atoms with Crippen LogP contribution >= 0.6 is 0 Å². The summed E-state index contributed by atoms with van der Waals surface area (Å²) in [6.45, 7) is 0. The van der Waals surface area contributed by atoms with Gasteiger partial charge in [-0.05, 0) is 54.1 Å². The fourth-order valence-electron chi connectivity index (χ4n) is 4.79. The van der Waals surface area contributed by atoms with Gasteiger partial charge in [-0.1, -0.05) is 18.2 Å². The van der Waals surface area contributed by atoms with Gasteiger partial charge in [0.15, 0.2) is 34.4 Å². The van der Waals surface area contributed by atoms with Crippen molar-refractivity contribution in [3.05, 3.63) is 89.4 Å². The summed E-state index contributed by atoms with van der Waals surface area (Å²) in [6.07, 6.45) is 0. The Labute approximate surface area is 225 Å². The normalized spacial score (nSPS) is 15.2. The number of ketones is 1. The molecule has 1 N–H and O–H groups in total. The van der Waals surface area contributed by atoms with Crippen molar-refractivity contribution in [2.75, 3.05) is 45.2 Å². The third-order valence-corrected chi connectivity index (χ3v) is 6.77. The van der Waals surface area contributed by atoms with Crippen LogP contribution in [0.4, 0.5) is 11.4 Å². The van der Waals surface area contributed by atoms with E-state index in [4.69, 9.17) is 18.6 Å².